The van der Waals surface area contributed by atoms with Gasteiger partial charge in [-0.2, -0.15) is 0 Å². The molecule has 5 rings (SSSR count). The lowest BCUT2D eigenvalue weighted by Gasteiger charge is -2.37. The second kappa shape index (κ2) is 6.52. The highest BCUT2D eigenvalue weighted by Crippen LogP contribution is 2.44. The molecule has 1 aromatic heterocycles. The Labute approximate surface area is 169 Å². The molecule has 1 saturated carbocycles. The van der Waals surface area contributed by atoms with Crippen LogP contribution < -0.4 is 0 Å². The summed E-state index contributed by atoms with van der Waals surface area (Å²) in [6, 6.07) is 13.9. The third kappa shape index (κ3) is 3.13. The number of amides is 1. The quantitative estimate of drug-likeness (QED) is 0.727. The van der Waals surface area contributed by atoms with Crippen LogP contribution in [0.15, 0.2) is 54.9 Å². The number of carbonyl (C=O) groups is 1. The lowest BCUT2D eigenvalue weighted by atomic mass is 9.92. The van der Waals surface area contributed by atoms with E-state index < -0.39 is 5.60 Å². The number of nitrogens with zero attached hydrogens (tertiary/aromatic N) is 4. The fourth-order valence-electron chi connectivity index (χ4n) is 4.61. The maximum absolute atomic E-state index is 13.5. The number of aromatic nitrogens is 3. The molecule has 0 radical (unpaired) electrons. The first-order chi connectivity index (χ1) is 13.9. The Morgan fingerprint density at radius 3 is 2.52 bits per heavy atom. The van der Waals surface area contributed by atoms with Crippen LogP contribution in [0.1, 0.15) is 42.6 Å². The second-order valence-electron chi connectivity index (χ2n) is 8.60. The number of aliphatic hydroxyl groups is 1. The van der Waals surface area contributed by atoms with E-state index >= 15 is 0 Å². The van der Waals surface area contributed by atoms with Gasteiger partial charge < -0.3 is 10.0 Å². The monoisotopic (exact) mass is 388 g/mol. The standard InChI is InChI=1S/C23H24N4O2/c1-23(2,29)21(16-6-7-16)26-14-17-4-3-5-19(20(17)22(26)28)15-8-10-18(11-9-15)27-13-12-24-25-27/h3-5,8-13,16,21,29H,6-7,14H2,1-2H3. The molecule has 2 heterocycles. The molecule has 1 unspecified atom stereocenters. The summed E-state index contributed by atoms with van der Waals surface area (Å²) in [6.07, 6.45) is 5.59. The normalized spacial score (nSPS) is 17.5. The molecule has 6 nitrogen and oxygen atoms in total. The summed E-state index contributed by atoms with van der Waals surface area (Å²) in [7, 11) is 0. The minimum absolute atomic E-state index is 0.0231. The number of hydrogen-bond donors (Lipinski definition) is 1. The zero-order chi connectivity index (χ0) is 20.2. The van der Waals surface area contributed by atoms with Crippen molar-refractivity contribution in [1.82, 2.24) is 19.9 Å². The highest BCUT2D eigenvalue weighted by atomic mass is 16.3. The third-order valence-corrected chi connectivity index (χ3v) is 5.96. The molecule has 1 N–H and O–H groups in total. The molecule has 3 aromatic rings. The van der Waals surface area contributed by atoms with Gasteiger partial charge in [-0.1, -0.05) is 35.5 Å². The maximum atomic E-state index is 13.5. The van der Waals surface area contributed by atoms with Crippen LogP contribution in [0.5, 0.6) is 0 Å². The van der Waals surface area contributed by atoms with Crippen LogP contribution in [0, 0.1) is 5.92 Å². The predicted octanol–water partition coefficient (Wildman–Crippen LogP) is 3.44. The first kappa shape index (κ1) is 18.1. The molecule has 6 heteroatoms. The molecule has 0 saturated heterocycles. The summed E-state index contributed by atoms with van der Waals surface area (Å²) in [5.74, 6) is 0.411. The average Bonchev–Trinajstić information content (AvgIpc) is 3.24. The number of rotatable bonds is 5. The highest BCUT2D eigenvalue weighted by molar-refractivity contribution is 6.04. The second-order valence-corrected chi connectivity index (χ2v) is 8.60. The van der Waals surface area contributed by atoms with Gasteiger partial charge in [0, 0.05) is 6.54 Å². The van der Waals surface area contributed by atoms with Crippen molar-refractivity contribution in [3.8, 4) is 16.8 Å². The maximum Gasteiger partial charge on any atom is 0.255 e. The third-order valence-electron chi connectivity index (χ3n) is 5.96. The van der Waals surface area contributed by atoms with Crippen molar-refractivity contribution < 1.29 is 9.90 Å². The first-order valence-electron chi connectivity index (χ1n) is 10.1. The van der Waals surface area contributed by atoms with E-state index in [0.717, 1.165) is 40.8 Å². The molecule has 0 spiro atoms. The van der Waals surface area contributed by atoms with E-state index in [0.29, 0.717) is 12.5 Å². The van der Waals surface area contributed by atoms with Crippen LogP contribution in [-0.4, -0.2) is 42.6 Å². The minimum Gasteiger partial charge on any atom is -0.388 e. The Morgan fingerprint density at radius 1 is 1.14 bits per heavy atom. The van der Waals surface area contributed by atoms with Gasteiger partial charge in [-0.3, -0.25) is 4.79 Å². The van der Waals surface area contributed by atoms with Crippen LogP contribution in [-0.2, 0) is 6.54 Å². The van der Waals surface area contributed by atoms with Gasteiger partial charge in [0.1, 0.15) is 0 Å². The van der Waals surface area contributed by atoms with Crippen LogP contribution in [0.4, 0.5) is 0 Å². The number of benzene rings is 2. The number of carbonyl (C=O) groups excluding carboxylic acids is 1. The molecule has 29 heavy (non-hydrogen) atoms. The van der Waals surface area contributed by atoms with E-state index in [1.807, 2.05) is 61.2 Å². The van der Waals surface area contributed by atoms with Crippen LogP contribution in [0.2, 0.25) is 0 Å². The Bertz CT molecular complexity index is 1050. The van der Waals surface area contributed by atoms with Crippen LogP contribution in [0.25, 0.3) is 16.8 Å². The zero-order valence-electron chi connectivity index (χ0n) is 16.6. The fraction of sp³-hybridized carbons (Fsp3) is 0.348. The largest absolute Gasteiger partial charge is 0.388 e. The summed E-state index contributed by atoms with van der Waals surface area (Å²) in [4.78, 5) is 15.3. The van der Waals surface area contributed by atoms with Gasteiger partial charge in [0.25, 0.3) is 5.91 Å². The van der Waals surface area contributed by atoms with Gasteiger partial charge in [-0.15, -0.1) is 5.10 Å². The number of fused-ring (bicyclic) bond motifs is 1. The van der Waals surface area contributed by atoms with Crippen molar-refractivity contribution in [3.63, 3.8) is 0 Å². The lowest BCUT2D eigenvalue weighted by Crippen LogP contribution is -2.51. The Balaban J connectivity index is 1.50. The molecule has 148 valence electrons. The molecule has 1 aliphatic heterocycles. The predicted molar refractivity (Wildman–Crippen MR) is 109 cm³/mol. The zero-order valence-corrected chi connectivity index (χ0v) is 16.6. The Hall–Kier alpha value is -2.99. The van der Waals surface area contributed by atoms with Gasteiger partial charge in [0.15, 0.2) is 0 Å². The molecule has 1 aliphatic carbocycles. The van der Waals surface area contributed by atoms with Crippen molar-refractivity contribution >= 4 is 5.91 Å². The van der Waals surface area contributed by atoms with E-state index in [1.165, 1.54) is 0 Å². The van der Waals surface area contributed by atoms with Gasteiger partial charge in [-0.25, -0.2) is 4.68 Å². The van der Waals surface area contributed by atoms with E-state index in [1.54, 1.807) is 17.1 Å². The van der Waals surface area contributed by atoms with Crippen LogP contribution >= 0.6 is 0 Å². The van der Waals surface area contributed by atoms with Crippen molar-refractivity contribution in [2.75, 3.05) is 0 Å². The van der Waals surface area contributed by atoms with Gasteiger partial charge in [0.2, 0.25) is 0 Å². The molecular formula is C23H24N4O2. The van der Waals surface area contributed by atoms with E-state index in [9.17, 15) is 9.90 Å². The summed E-state index contributed by atoms with van der Waals surface area (Å²) < 4.78 is 1.70. The Morgan fingerprint density at radius 2 is 1.90 bits per heavy atom. The molecule has 0 bridgehead atoms. The summed E-state index contributed by atoms with van der Waals surface area (Å²) >= 11 is 0. The van der Waals surface area contributed by atoms with Crippen LogP contribution in [0.3, 0.4) is 0 Å². The molecule has 1 fully saturated rings. The smallest absolute Gasteiger partial charge is 0.255 e. The molecule has 2 aliphatic rings. The molecule has 2 aromatic carbocycles. The summed E-state index contributed by atoms with van der Waals surface area (Å²) in [6.45, 7) is 4.19. The fourth-order valence-corrected chi connectivity index (χ4v) is 4.61. The Kier molecular flexibility index (Phi) is 4.06. The SMILES string of the molecule is CC(C)(O)C(C1CC1)N1Cc2cccc(-c3ccc(-n4ccnn4)cc3)c2C1=O. The van der Waals surface area contributed by atoms with Gasteiger partial charge >= 0.3 is 0 Å². The van der Waals surface area contributed by atoms with E-state index in [4.69, 9.17) is 0 Å². The van der Waals surface area contributed by atoms with Gasteiger partial charge in [0.05, 0.1) is 35.3 Å². The summed E-state index contributed by atoms with van der Waals surface area (Å²) in [5.41, 5.74) is 3.72. The van der Waals surface area contributed by atoms with Crippen molar-refractivity contribution in [2.24, 2.45) is 5.92 Å². The summed E-state index contributed by atoms with van der Waals surface area (Å²) in [5, 5.41) is 18.6. The van der Waals surface area contributed by atoms with Crippen molar-refractivity contribution in [1.29, 1.82) is 0 Å². The minimum atomic E-state index is -0.918. The van der Waals surface area contributed by atoms with Gasteiger partial charge in [-0.05, 0) is 61.4 Å². The lowest BCUT2D eigenvalue weighted by molar-refractivity contribution is -0.0224. The molecule has 1 atom stereocenters. The molecule has 1 amide bonds. The van der Waals surface area contributed by atoms with E-state index in [-0.39, 0.29) is 11.9 Å². The van der Waals surface area contributed by atoms with E-state index in [2.05, 4.69) is 10.3 Å². The first-order valence-corrected chi connectivity index (χ1v) is 10.1. The topological polar surface area (TPSA) is 71.2 Å². The van der Waals surface area contributed by atoms with Crippen molar-refractivity contribution in [3.05, 3.63) is 66.0 Å². The molecular weight excluding hydrogens is 364 g/mol. The highest BCUT2D eigenvalue weighted by Gasteiger charge is 2.48. The van der Waals surface area contributed by atoms with Crippen molar-refractivity contribution in [2.45, 2.75) is 44.9 Å². The number of hydrogen-bond acceptors (Lipinski definition) is 4. The average molecular weight is 388 g/mol.